The van der Waals surface area contributed by atoms with Gasteiger partial charge >= 0.3 is 5.97 Å². The summed E-state index contributed by atoms with van der Waals surface area (Å²) in [5.41, 5.74) is 6.03. The predicted molar refractivity (Wildman–Crippen MR) is 80.5 cm³/mol. The Morgan fingerprint density at radius 3 is 2.36 bits per heavy atom. The Labute approximate surface area is 128 Å². The summed E-state index contributed by atoms with van der Waals surface area (Å²) in [5.74, 6) is -1.49. The molecule has 1 atom stereocenters. The number of nitrogens with two attached hydrogens (primary N) is 1. The molecular weight excluding hydrogens is 284 g/mol. The molecule has 0 aromatic heterocycles. The highest BCUT2D eigenvalue weighted by Crippen LogP contribution is 2.23. The first-order valence-electron chi connectivity index (χ1n) is 7.41. The van der Waals surface area contributed by atoms with Crippen LogP contribution in [0.4, 0.5) is 0 Å². The fourth-order valence-corrected chi connectivity index (χ4v) is 2.80. The van der Waals surface area contributed by atoms with E-state index in [-0.39, 0.29) is 18.4 Å². The number of hydrogen-bond donors (Lipinski definition) is 2. The van der Waals surface area contributed by atoms with E-state index in [1.54, 1.807) is 17.0 Å². The SMILES string of the molecule is NC(=O)c1ccc(C(=O)N2CCCC[C@@H]2CCC(=O)O)cc1. The lowest BCUT2D eigenvalue weighted by atomic mass is 9.96. The highest BCUT2D eigenvalue weighted by Gasteiger charge is 2.27. The molecule has 1 aromatic rings. The Hall–Kier alpha value is -2.37. The average molecular weight is 304 g/mol. The van der Waals surface area contributed by atoms with E-state index >= 15 is 0 Å². The molecule has 2 rings (SSSR count). The molecular formula is C16H20N2O4. The van der Waals surface area contributed by atoms with Crippen LogP contribution in [0.5, 0.6) is 0 Å². The molecule has 2 amide bonds. The molecule has 1 heterocycles. The number of carbonyl (C=O) groups excluding carboxylic acids is 2. The monoisotopic (exact) mass is 304 g/mol. The maximum Gasteiger partial charge on any atom is 0.303 e. The van der Waals surface area contributed by atoms with Crippen LogP contribution in [0.25, 0.3) is 0 Å². The van der Waals surface area contributed by atoms with Gasteiger partial charge in [-0.2, -0.15) is 0 Å². The number of piperidine rings is 1. The second-order valence-electron chi connectivity index (χ2n) is 5.52. The van der Waals surface area contributed by atoms with Gasteiger partial charge in [-0.3, -0.25) is 14.4 Å². The summed E-state index contributed by atoms with van der Waals surface area (Å²) in [7, 11) is 0. The molecule has 6 heteroatoms. The second-order valence-corrected chi connectivity index (χ2v) is 5.52. The Kier molecular flexibility index (Phi) is 5.14. The van der Waals surface area contributed by atoms with E-state index in [0.29, 0.717) is 24.1 Å². The molecule has 0 unspecified atom stereocenters. The van der Waals surface area contributed by atoms with Gasteiger partial charge in [-0.1, -0.05) is 0 Å². The van der Waals surface area contributed by atoms with E-state index in [1.807, 2.05) is 0 Å². The number of hydrogen-bond acceptors (Lipinski definition) is 3. The average Bonchev–Trinajstić information content (AvgIpc) is 2.52. The number of carboxylic acids is 1. The third-order valence-electron chi connectivity index (χ3n) is 4.00. The summed E-state index contributed by atoms with van der Waals surface area (Å²) < 4.78 is 0. The maximum absolute atomic E-state index is 12.6. The first kappa shape index (κ1) is 16.0. The zero-order chi connectivity index (χ0) is 16.1. The van der Waals surface area contributed by atoms with Crippen LogP contribution in [0, 0.1) is 0 Å². The molecule has 22 heavy (non-hydrogen) atoms. The van der Waals surface area contributed by atoms with Gasteiger partial charge in [0.05, 0.1) is 0 Å². The van der Waals surface area contributed by atoms with Gasteiger partial charge in [-0.15, -0.1) is 0 Å². The minimum absolute atomic E-state index is 0.0341. The molecule has 0 saturated carbocycles. The van der Waals surface area contributed by atoms with E-state index in [9.17, 15) is 14.4 Å². The van der Waals surface area contributed by atoms with Crippen molar-refractivity contribution < 1.29 is 19.5 Å². The number of nitrogens with zero attached hydrogens (tertiary/aromatic N) is 1. The standard InChI is InChI=1S/C16H20N2O4/c17-15(21)11-4-6-12(7-5-11)16(22)18-10-2-1-3-13(18)8-9-14(19)20/h4-7,13H,1-3,8-10H2,(H2,17,21)(H,19,20)/t13-/m1/s1. The molecule has 0 aliphatic carbocycles. The topological polar surface area (TPSA) is 101 Å². The number of carboxylic acid groups (broad SMARTS) is 1. The van der Waals surface area contributed by atoms with Gasteiger partial charge in [0.1, 0.15) is 0 Å². The smallest absolute Gasteiger partial charge is 0.303 e. The summed E-state index contributed by atoms with van der Waals surface area (Å²) in [6.45, 7) is 0.640. The molecule has 0 spiro atoms. The lowest BCUT2D eigenvalue weighted by molar-refractivity contribution is -0.137. The van der Waals surface area contributed by atoms with E-state index < -0.39 is 11.9 Å². The highest BCUT2D eigenvalue weighted by atomic mass is 16.4. The van der Waals surface area contributed by atoms with Crippen molar-refractivity contribution in [3.63, 3.8) is 0 Å². The van der Waals surface area contributed by atoms with Gasteiger partial charge in [-0.25, -0.2) is 0 Å². The molecule has 1 saturated heterocycles. The van der Waals surface area contributed by atoms with Gasteiger partial charge < -0.3 is 15.7 Å². The van der Waals surface area contributed by atoms with Gasteiger partial charge in [0.25, 0.3) is 5.91 Å². The molecule has 1 aliphatic heterocycles. The highest BCUT2D eigenvalue weighted by molar-refractivity contribution is 5.97. The zero-order valence-electron chi connectivity index (χ0n) is 12.3. The van der Waals surface area contributed by atoms with E-state index in [0.717, 1.165) is 19.3 Å². The Bertz CT molecular complexity index is 568. The van der Waals surface area contributed by atoms with Crippen LogP contribution >= 0.6 is 0 Å². The van der Waals surface area contributed by atoms with E-state index in [4.69, 9.17) is 10.8 Å². The fourth-order valence-electron chi connectivity index (χ4n) is 2.80. The molecule has 1 fully saturated rings. The van der Waals surface area contributed by atoms with Gasteiger partial charge in [0.15, 0.2) is 0 Å². The van der Waals surface area contributed by atoms with Crippen LogP contribution in [-0.2, 0) is 4.79 Å². The van der Waals surface area contributed by atoms with Crippen LogP contribution < -0.4 is 5.73 Å². The van der Waals surface area contributed by atoms with Crippen molar-refractivity contribution in [2.24, 2.45) is 5.73 Å². The fraction of sp³-hybridized carbons (Fsp3) is 0.438. The molecule has 6 nitrogen and oxygen atoms in total. The molecule has 1 aliphatic rings. The minimum Gasteiger partial charge on any atom is -0.481 e. The third-order valence-corrected chi connectivity index (χ3v) is 4.00. The number of carbonyl (C=O) groups is 3. The second kappa shape index (κ2) is 7.06. The Balaban J connectivity index is 2.10. The lowest BCUT2D eigenvalue weighted by Crippen LogP contribution is -2.44. The predicted octanol–water partition coefficient (Wildman–Crippen LogP) is 1.64. The summed E-state index contributed by atoms with van der Waals surface area (Å²) in [5, 5.41) is 8.82. The van der Waals surface area contributed by atoms with Gasteiger partial charge in [-0.05, 0) is 49.9 Å². The van der Waals surface area contributed by atoms with Gasteiger partial charge in [0, 0.05) is 30.1 Å². The quantitative estimate of drug-likeness (QED) is 0.863. The summed E-state index contributed by atoms with van der Waals surface area (Å²) in [6, 6.07) is 6.21. The number of benzene rings is 1. The van der Waals surface area contributed by atoms with Crippen LogP contribution in [0.15, 0.2) is 24.3 Å². The molecule has 118 valence electrons. The normalized spacial score (nSPS) is 18.0. The minimum atomic E-state index is -0.844. The van der Waals surface area contributed by atoms with Gasteiger partial charge in [0.2, 0.25) is 5.91 Å². The summed E-state index contributed by atoms with van der Waals surface area (Å²) in [4.78, 5) is 36.2. The van der Waals surface area contributed by atoms with E-state index in [2.05, 4.69) is 0 Å². The number of likely N-dealkylation sites (tertiary alicyclic amines) is 1. The Morgan fingerprint density at radius 2 is 1.77 bits per heavy atom. The first-order chi connectivity index (χ1) is 10.5. The van der Waals surface area contributed by atoms with E-state index in [1.165, 1.54) is 12.1 Å². The third kappa shape index (κ3) is 3.84. The number of rotatable bonds is 5. The molecule has 0 radical (unpaired) electrons. The van der Waals surface area contributed by atoms with Crippen molar-refractivity contribution in [3.05, 3.63) is 35.4 Å². The zero-order valence-corrected chi connectivity index (χ0v) is 12.3. The van der Waals surface area contributed by atoms with Crippen LogP contribution in [0.1, 0.15) is 52.8 Å². The van der Waals surface area contributed by atoms with Crippen LogP contribution in [0.3, 0.4) is 0 Å². The number of primary amides is 1. The molecule has 0 bridgehead atoms. The molecule has 1 aromatic carbocycles. The molecule has 3 N–H and O–H groups in total. The maximum atomic E-state index is 12.6. The first-order valence-corrected chi connectivity index (χ1v) is 7.41. The van der Waals surface area contributed by atoms with Crippen LogP contribution in [0.2, 0.25) is 0 Å². The Morgan fingerprint density at radius 1 is 1.14 bits per heavy atom. The summed E-state index contributed by atoms with van der Waals surface area (Å²) in [6.07, 6.45) is 3.30. The van der Waals surface area contributed by atoms with Crippen molar-refractivity contribution in [3.8, 4) is 0 Å². The van der Waals surface area contributed by atoms with Crippen molar-refractivity contribution in [1.29, 1.82) is 0 Å². The number of amides is 2. The van der Waals surface area contributed by atoms with Crippen molar-refractivity contribution in [1.82, 2.24) is 4.90 Å². The summed E-state index contributed by atoms with van der Waals surface area (Å²) >= 11 is 0. The number of aliphatic carboxylic acids is 1. The van der Waals surface area contributed by atoms with Crippen molar-refractivity contribution in [2.75, 3.05) is 6.54 Å². The van der Waals surface area contributed by atoms with Crippen molar-refractivity contribution >= 4 is 17.8 Å². The lowest BCUT2D eigenvalue weighted by Gasteiger charge is -2.35. The largest absolute Gasteiger partial charge is 0.481 e. The van der Waals surface area contributed by atoms with Crippen molar-refractivity contribution in [2.45, 2.75) is 38.1 Å². The van der Waals surface area contributed by atoms with Crippen LogP contribution in [-0.4, -0.2) is 40.4 Å².